The Kier molecular flexibility index (Phi) is 8.87. The van der Waals surface area contributed by atoms with Crippen molar-refractivity contribution in [1.82, 2.24) is 0 Å². The van der Waals surface area contributed by atoms with Gasteiger partial charge in [0, 0.05) is 51.6 Å². The molecule has 19 atom stereocenters. The second-order valence-electron chi connectivity index (χ2n) is 17.5. The van der Waals surface area contributed by atoms with Crippen molar-refractivity contribution in [2.45, 2.75) is 194 Å². The third-order valence-corrected chi connectivity index (χ3v) is 14.1. The molecule has 11 fully saturated rings. The number of rotatable bonds is 3. The minimum absolute atomic E-state index is 0.0126. The van der Waals surface area contributed by atoms with Crippen LogP contribution >= 0.6 is 0 Å². The van der Waals surface area contributed by atoms with E-state index in [0.717, 1.165) is 75.5 Å². The molecule has 11 aliphatic heterocycles. The summed E-state index contributed by atoms with van der Waals surface area (Å²) in [6, 6.07) is 0. The standard InChI is InChI=1S/C40H56O11/c1-19-11-23-5-7-28-20(2)12-25(44-28)9-10-40-17-33-36(50-40)37-38(49-33)39(51-40)35-29(48-37)8-6-24(46-35)13-22(41)14-27-31(16-30(45-23)21(19)3)47-32(34(27)42-4)15-26-18-43-26/h19,23-39H,2-3,5-18H2,1,4H3/t19-,23+,24-,25+,26+,27+,28+,29+,30-,31+,32-,33-,34-,35+,36-,37+,38-,39+,40+/m1/s1. The number of carbonyl (C=O) groups excluding carboxylic acids is 1. The molecule has 11 rings (SSSR count). The number of carbonyl (C=O) groups is 1. The zero-order valence-corrected chi connectivity index (χ0v) is 30.2. The molecule has 0 aromatic rings. The number of fused-ring (bicyclic) bond motifs is 6. The van der Waals surface area contributed by atoms with Gasteiger partial charge in [0.2, 0.25) is 0 Å². The van der Waals surface area contributed by atoms with Gasteiger partial charge in [0.1, 0.15) is 36.3 Å². The lowest BCUT2D eigenvalue weighted by molar-refractivity contribution is -0.292. The summed E-state index contributed by atoms with van der Waals surface area (Å²) in [5.74, 6) is -0.359. The zero-order valence-electron chi connectivity index (χ0n) is 30.2. The van der Waals surface area contributed by atoms with Crippen molar-refractivity contribution in [3.05, 3.63) is 24.3 Å². The molecule has 282 valence electrons. The Balaban J connectivity index is 0.931. The molecule has 1 spiro atoms. The van der Waals surface area contributed by atoms with E-state index in [1.54, 1.807) is 7.11 Å². The summed E-state index contributed by atoms with van der Waals surface area (Å²) < 4.78 is 65.9. The predicted octanol–water partition coefficient (Wildman–Crippen LogP) is 4.52. The predicted molar refractivity (Wildman–Crippen MR) is 181 cm³/mol. The van der Waals surface area contributed by atoms with E-state index in [-0.39, 0.29) is 109 Å². The Morgan fingerprint density at radius 3 is 2.35 bits per heavy atom. The van der Waals surface area contributed by atoms with E-state index >= 15 is 0 Å². The molecular weight excluding hydrogens is 656 g/mol. The molecule has 0 aromatic heterocycles. The van der Waals surface area contributed by atoms with Crippen LogP contribution in [0.1, 0.15) is 90.4 Å². The molecule has 11 nitrogen and oxygen atoms in total. The summed E-state index contributed by atoms with van der Waals surface area (Å²) in [6.07, 6.45) is 7.65. The smallest absolute Gasteiger partial charge is 0.172 e. The first-order valence-corrected chi connectivity index (χ1v) is 20.0. The molecule has 11 saturated heterocycles. The third kappa shape index (κ3) is 6.23. The second-order valence-corrected chi connectivity index (χ2v) is 17.5. The van der Waals surface area contributed by atoms with Crippen LogP contribution in [0.2, 0.25) is 0 Å². The highest BCUT2D eigenvalue weighted by Gasteiger charge is 2.68. The number of hydrogen-bond acceptors (Lipinski definition) is 11. The molecule has 0 unspecified atom stereocenters. The van der Waals surface area contributed by atoms with Crippen molar-refractivity contribution in [3.8, 4) is 0 Å². The molecule has 11 aliphatic rings. The van der Waals surface area contributed by atoms with Gasteiger partial charge in [-0.25, -0.2) is 0 Å². The summed E-state index contributed by atoms with van der Waals surface area (Å²) in [5, 5.41) is 0. The summed E-state index contributed by atoms with van der Waals surface area (Å²) in [7, 11) is 1.74. The minimum Gasteiger partial charge on any atom is -0.378 e. The average molecular weight is 713 g/mol. The number of epoxide rings is 1. The Labute approximate surface area is 301 Å². The normalized spacial score (nSPS) is 55.1. The molecular formula is C40H56O11. The highest BCUT2D eigenvalue weighted by Crippen LogP contribution is 2.54. The summed E-state index contributed by atoms with van der Waals surface area (Å²) in [5.41, 5.74) is 2.28. The highest BCUT2D eigenvalue weighted by molar-refractivity contribution is 5.79. The molecule has 0 N–H and O–H groups in total. The lowest BCUT2D eigenvalue weighted by atomic mass is 9.81. The summed E-state index contributed by atoms with van der Waals surface area (Å²) in [4.78, 5) is 14.1. The van der Waals surface area contributed by atoms with Gasteiger partial charge in [-0.3, -0.25) is 4.79 Å². The highest BCUT2D eigenvalue weighted by atomic mass is 16.8. The van der Waals surface area contributed by atoms with E-state index < -0.39 is 5.79 Å². The first kappa shape index (κ1) is 34.3. The first-order chi connectivity index (χ1) is 24.7. The monoisotopic (exact) mass is 712 g/mol. The van der Waals surface area contributed by atoms with Crippen molar-refractivity contribution >= 4 is 5.78 Å². The van der Waals surface area contributed by atoms with E-state index in [1.807, 2.05) is 0 Å². The Hall–Kier alpha value is -1.25. The number of ketones is 1. The van der Waals surface area contributed by atoms with Crippen molar-refractivity contribution in [3.63, 3.8) is 0 Å². The van der Waals surface area contributed by atoms with Crippen molar-refractivity contribution < 1.29 is 52.2 Å². The van der Waals surface area contributed by atoms with Crippen molar-refractivity contribution in [1.29, 1.82) is 0 Å². The minimum atomic E-state index is -0.758. The van der Waals surface area contributed by atoms with Crippen LogP contribution in [0, 0.1) is 11.8 Å². The van der Waals surface area contributed by atoms with Gasteiger partial charge < -0.3 is 47.4 Å². The van der Waals surface area contributed by atoms with Crippen LogP contribution in [-0.2, 0) is 52.2 Å². The topological polar surface area (TPSA) is 113 Å². The molecule has 0 amide bonds. The van der Waals surface area contributed by atoms with E-state index in [9.17, 15) is 4.79 Å². The van der Waals surface area contributed by atoms with Crippen LogP contribution in [0.4, 0.5) is 0 Å². The fourth-order valence-corrected chi connectivity index (χ4v) is 11.4. The first-order valence-electron chi connectivity index (χ1n) is 20.0. The SMILES string of the molecule is C=C1C[C@@H]2CC[C@@]34C[C@H]5O[C@H]6[C@@H](O3)[C@H]3O[C@H](CC[C@@H]3O[C@H]6[C@@H]5O4)CC(=O)C[C@@H]3[C@@H](OC)[C@@H](C[C@H]4CO4)O[C@H]3C[C@H]3O[C@@H](CC[C@@H]1O2)C[C@@H](C)C3=C. The maximum absolute atomic E-state index is 14.1. The lowest BCUT2D eigenvalue weighted by Gasteiger charge is -2.47. The fraction of sp³-hybridized carbons (Fsp3) is 0.875. The van der Waals surface area contributed by atoms with Crippen LogP contribution in [0.15, 0.2) is 24.3 Å². The van der Waals surface area contributed by atoms with Crippen molar-refractivity contribution in [2.24, 2.45) is 11.8 Å². The molecule has 51 heavy (non-hydrogen) atoms. The van der Waals surface area contributed by atoms with Gasteiger partial charge in [0.25, 0.3) is 0 Å². The van der Waals surface area contributed by atoms with E-state index in [2.05, 4.69) is 20.1 Å². The van der Waals surface area contributed by atoms with Crippen LogP contribution in [0.5, 0.6) is 0 Å². The molecule has 0 aliphatic carbocycles. The quantitative estimate of drug-likeness (QED) is 0.304. The number of ether oxygens (including phenoxy) is 10. The average Bonchev–Trinajstić information content (AvgIpc) is 3.56. The zero-order chi connectivity index (χ0) is 34.6. The van der Waals surface area contributed by atoms with Gasteiger partial charge in [0.05, 0.1) is 73.8 Å². The van der Waals surface area contributed by atoms with E-state index in [4.69, 9.17) is 47.4 Å². The number of hydrogen-bond donors (Lipinski definition) is 0. The van der Waals surface area contributed by atoms with Crippen LogP contribution < -0.4 is 0 Å². The number of Topliss-reactive ketones (excluding diaryl/α,β-unsaturated/α-hetero) is 1. The Morgan fingerprint density at radius 1 is 0.745 bits per heavy atom. The third-order valence-electron chi connectivity index (χ3n) is 14.1. The molecule has 12 bridgehead atoms. The molecule has 0 aromatic carbocycles. The largest absolute Gasteiger partial charge is 0.378 e. The Morgan fingerprint density at radius 2 is 1.51 bits per heavy atom. The van der Waals surface area contributed by atoms with Gasteiger partial charge in [-0.2, -0.15) is 0 Å². The van der Waals surface area contributed by atoms with Crippen LogP contribution in [0.25, 0.3) is 0 Å². The van der Waals surface area contributed by atoms with Crippen LogP contribution in [0.3, 0.4) is 0 Å². The second kappa shape index (κ2) is 13.2. The van der Waals surface area contributed by atoms with Gasteiger partial charge in [-0.05, 0) is 62.0 Å². The lowest BCUT2D eigenvalue weighted by Crippen LogP contribution is -2.61. The van der Waals surface area contributed by atoms with Gasteiger partial charge in [-0.15, -0.1) is 0 Å². The fourth-order valence-electron chi connectivity index (χ4n) is 11.4. The van der Waals surface area contributed by atoms with Crippen LogP contribution in [-0.4, -0.2) is 123 Å². The Bertz CT molecular complexity index is 1380. The molecule has 11 heteroatoms. The molecule has 0 saturated carbocycles. The molecule has 11 heterocycles. The van der Waals surface area contributed by atoms with Gasteiger partial charge in [-0.1, -0.05) is 20.1 Å². The van der Waals surface area contributed by atoms with Gasteiger partial charge >= 0.3 is 0 Å². The van der Waals surface area contributed by atoms with E-state index in [1.165, 1.54) is 0 Å². The van der Waals surface area contributed by atoms with Gasteiger partial charge in [0.15, 0.2) is 5.79 Å². The molecule has 0 radical (unpaired) electrons. The summed E-state index contributed by atoms with van der Waals surface area (Å²) >= 11 is 0. The maximum atomic E-state index is 14.1. The van der Waals surface area contributed by atoms with E-state index in [0.29, 0.717) is 31.6 Å². The number of methoxy groups -OCH3 is 1. The maximum Gasteiger partial charge on any atom is 0.172 e. The van der Waals surface area contributed by atoms with Crippen molar-refractivity contribution in [2.75, 3.05) is 13.7 Å². The summed E-state index contributed by atoms with van der Waals surface area (Å²) in [6.45, 7) is 12.0.